The lowest BCUT2D eigenvalue weighted by Crippen LogP contribution is -2.48. The third kappa shape index (κ3) is 4.62. The summed E-state index contributed by atoms with van der Waals surface area (Å²) in [6.45, 7) is 6.00. The van der Waals surface area contributed by atoms with Gasteiger partial charge in [0.15, 0.2) is 5.65 Å². The number of benzene rings is 1. The molecule has 0 spiro atoms. The van der Waals surface area contributed by atoms with Gasteiger partial charge < -0.3 is 14.5 Å². The average molecular weight is 474 g/mol. The number of fused-ring (bicyclic) bond motifs is 1. The molecular weight excluding hydrogens is 444 g/mol. The van der Waals surface area contributed by atoms with E-state index >= 15 is 0 Å². The van der Waals surface area contributed by atoms with Crippen LogP contribution in [0.25, 0.3) is 11.0 Å². The van der Waals surface area contributed by atoms with E-state index in [1.807, 2.05) is 4.90 Å². The fourth-order valence-electron chi connectivity index (χ4n) is 4.71. The monoisotopic (exact) mass is 473 g/mol. The lowest BCUT2D eigenvalue weighted by molar-refractivity contribution is 0.0374. The van der Waals surface area contributed by atoms with Crippen molar-refractivity contribution in [2.24, 2.45) is 7.05 Å². The molecule has 0 bridgehead atoms. The number of H-pyrrole nitrogens is 1. The highest BCUT2D eigenvalue weighted by Gasteiger charge is 2.25. The van der Waals surface area contributed by atoms with Gasteiger partial charge >= 0.3 is 0 Å². The van der Waals surface area contributed by atoms with Crippen molar-refractivity contribution in [2.75, 3.05) is 68.8 Å². The lowest BCUT2D eigenvalue weighted by atomic mass is 10.1. The van der Waals surface area contributed by atoms with Gasteiger partial charge in [0.2, 0.25) is 5.95 Å². The first kappa shape index (κ1) is 22.7. The smallest absolute Gasteiger partial charge is 0.263 e. The normalized spacial score (nSPS) is 17.6. The molecular formula is C23H29F2N7O2. The zero-order valence-corrected chi connectivity index (χ0v) is 19.3. The number of anilines is 2. The summed E-state index contributed by atoms with van der Waals surface area (Å²) in [5.41, 5.74) is 0.941. The Kier molecular flexibility index (Phi) is 6.46. The predicted octanol–water partition coefficient (Wildman–Crippen LogP) is 1.53. The van der Waals surface area contributed by atoms with Crippen LogP contribution in [0.2, 0.25) is 0 Å². The number of nitrogens with one attached hydrogen (secondary N) is 1. The summed E-state index contributed by atoms with van der Waals surface area (Å²) < 4.78 is 36.8. The van der Waals surface area contributed by atoms with Crippen molar-refractivity contribution in [2.45, 2.75) is 12.8 Å². The molecule has 2 saturated heterocycles. The minimum Gasteiger partial charge on any atom is -0.379 e. The molecule has 0 amide bonds. The molecule has 0 radical (unpaired) electrons. The molecule has 3 aromatic rings. The van der Waals surface area contributed by atoms with Crippen molar-refractivity contribution in [3.8, 4) is 0 Å². The number of halogens is 2. The Balaban J connectivity index is 1.22. The molecule has 0 atom stereocenters. The first-order valence-electron chi connectivity index (χ1n) is 11.7. The minimum absolute atomic E-state index is 0.0140. The van der Waals surface area contributed by atoms with E-state index in [0.717, 1.165) is 39.3 Å². The zero-order valence-electron chi connectivity index (χ0n) is 19.3. The Morgan fingerprint density at radius 1 is 1.03 bits per heavy atom. The van der Waals surface area contributed by atoms with E-state index < -0.39 is 11.6 Å². The molecule has 2 aromatic heterocycles. The predicted molar refractivity (Wildman–Crippen MR) is 125 cm³/mol. The highest BCUT2D eigenvalue weighted by atomic mass is 19.1. The third-order valence-electron chi connectivity index (χ3n) is 6.60. The largest absolute Gasteiger partial charge is 0.379 e. The van der Waals surface area contributed by atoms with Crippen LogP contribution in [0.4, 0.5) is 20.4 Å². The quantitative estimate of drug-likeness (QED) is 0.581. The highest BCUT2D eigenvalue weighted by molar-refractivity contribution is 5.74. The van der Waals surface area contributed by atoms with E-state index in [1.54, 1.807) is 16.6 Å². The van der Waals surface area contributed by atoms with E-state index in [-0.39, 0.29) is 11.2 Å². The van der Waals surface area contributed by atoms with E-state index in [2.05, 4.69) is 20.0 Å². The van der Waals surface area contributed by atoms with Crippen molar-refractivity contribution >= 4 is 22.7 Å². The van der Waals surface area contributed by atoms with Gasteiger partial charge in [0.1, 0.15) is 22.7 Å². The highest BCUT2D eigenvalue weighted by Crippen LogP contribution is 2.27. The summed E-state index contributed by atoms with van der Waals surface area (Å²) in [4.78, 5) is 25.6. The Labute approximate surface area is 195 Å². The summed E-state index contributed by atoms with van der Waals surface area (Å²) in [5.74, 6) is -0.618. The second kappa shape index (κ2) is 9.67. The second-order valence-corrected chi connectivity index (χ2v) is 8.83. The fourth-order valence-corrected chi connectivity index (χ4v) is 4.71. The number of aromatic amines is 1. The molecule has 2 aliphatic heterocycles. The number of ether oxygens (including phenoxy) is 1. The van der Waals surface area contributed by atoms with Gasteiger partial charge in [-0.25, -0.2) is 8.78 Å². The second-order valence-electron chi connectivity index (χ2n) is 8.83. The zero-order chi connectivity index (χ0) is 23.7. The van der Waals surface area contributed by atoms with Crippen LogP contribution >= 0.6 is 0 Å². The van der Waals surface area contributed by atoms with Crippen LogP contribution in [0.3, 0.4) is 0 Å². The molecule has 0 aliphatic carbocycles. The van der Waals surface area contributed by atoms with E-state index in [9.17, 15) is 13.6 Å². The Hall–Kier alpha value is -3.05. The average Bonchev–Trinajstić information content (AvgIpc) is 3.21. The summed E-state index contributed by atoms with van der Waals surface area (Å²) in [6, 6.07) is 2.92. The standard InChI is InChI=1S/C23H29F2N7O2/c1-29-21-17(15-26-29)22(33)28-23(27-21)32-7-5-31(6-8-32)20-18(24)13-16(14-19(20)25)3-2-4-30-9-11-34-12-10-30/h13-15H,2-12H2,1H3,(H,27,28,33). The molecule has 0 saturated carbocycles. The first-order chi connectivity index (χ1) is 16.5. The van der Waals surface area contributed by atoms with Crippen molar-refractivity contribution in [3.05, 3.63) is 45.9 Å². The molecule has 0 unspecified atom stereocenters. The molecule has 182 valence electrons. The van der Waals surface area contributed by atoms with Gasteiger partial charge in [-0.1, -0.05) is 0 Å². The van der Waals surface area contributed by atoms with Crippen LogP contribution in [0.1, 0.15) is 12.0 Å². The van der Waals surface area contributed by atoms with Gasteiger partial charge in [0.25, 0.3) is 5.56 Å². The maximum absolute atomic E-state index is 14.9. The van der Waals surface area contributed by atoms with Crippen LogP contribution in [0.5, 0.6) is 0 Å². The molecule has 9 nitrogen and oxygen atoms in total. The number of morpholine rings is 1. The van der Waals surface area contributed by atoms with E-state index in [4.69, 9.17) is 4.74 Å². The third-order valence-corrected chi connectivity index (χ3v) is 6.60. The van der Waals surface area contributed by atoms with E-state index in [1.165, 1.54) is 18.3 Å². The molecule has 34 heavy (non-hydrogen) atoms. The Bertz CT molecular complexity index is 1190. The molecule has 1 aromatic carbocycles. The molecule has 2 aliphatic rings. The number of hydrogen-bond donors (Lipinski definition) is 1. The first-order valence-corrected chi connectivity index (χ1v) is 11.7. The maximum Gasteiger partial charge on any atom is 0.263 e. The number of aromatic nitrogens is 4. The maximum atomic E-state index is 14.9. The lowest BCUT2D eigenvalue weighted by Gasteiger charge is -2.36. The van der Waals surface area contributed by atoms with Crippen LogP contribution in [-0.2, 0) is 18.2 Å². The van der Waals surface area contributed by atoms with Gasteiger partial charge in [-0.15, -0.1) is 0 Å². The number of nitrogens with zero attached hydrogens (tertiary/aromatic N) is 6. The van der Waals surface area contributed by atoms with Gasteiger partial charge in [0.05, 0.1) is 19.4 Å². The van der Waals surface area contributed by atoms with Crippen molar-refractivity contribution in [3.63, 3.8) is 0 Å². The van der Waals surface area contributed by atoms with Gasteiger partial charge in [-0.2, -0.15) is 10.1 Å². The number of hydrogen-bond acceptors (Lipinski definition) is 7. The van der Waals surface area contributed by atoms with Crippen LogP contribution in [0.15, 0.2) is 23.1 Å². The molecule has 4 heterocycles. The number of aryl methyl sites for hydroxylation is 2. The number of rotatable bonds is 6. The van der Waals surface area contributed by atoms with Gasteiger partial charge in [-0.3, -0.25) is 19.4 Å². The summed E-state index contributed by atoms with van der Waals surface area (Å²) in [6.07, 6.45) is 2.97. The molecule has 2 fully saturated rings. The summed E-state index contributed by atoms with van der Waals surface area (Å²) in [7, 11) is 1.73. The summed E-state index contributed by atoms with van der Waals surface area (Å²) in [5, 5.41) is 4.51. The number of piperazine rings is 1. The topological polar surface area (TPSA) is 82.5 Å². The molecule has 1 N–H and O–H groups in total. The molecule has 11 heteroatoms. The van der Waals surface area contributed by atoms with E-state index in [0.29, 0.717) is 55.1 Å². The fraction of sp³-hybridized carbons (Fsp3) is 0.522. The Morgan fingerprint density at radius 2 is 1.71 bits per heavy atom. The summed E-state index contributed by atoms with van der Waals surface area (Å²) >= 11 is 0. The van der Waals surface area contributed by atoms with Crippen LogP contribution < -0.4 is 15.4 Å². The van der Waals surface area contributed by atoms with Crippen LogP contribution in [-0.4, -0.2) is 83.7 Å². The van der Waals surface area contributed by atoms with Gasteiger partial charge in [0, 0.05) is 46.3 Å². The van der Waals surface area contributed by atoms with Crippen LogP contribution in [0, 0.1) is 11.6 Å². The SMILES string of the molecule is Cn1ncc2c(=O)[nH]c(N3CCN(c4c(F)cc(CCCN5CCOCC5)cc4F)CC3)nc21. The van der Waals surface area contributed by atoms with Gasteiger partial charge in [-0.05, 0) is 37.1 Å². The van der Waals surface area contributed by atoms with Crippen molar-refractivity contribution in [1.82, 2.24) is 24.6 Å². The molecule has 5 rings (SSSR count). The van der Waals surface area contributed by atoms with Crippen molar-refractivity contribution in [1.29, 1.82) is 0 Å². The minimum atomic E-state index is -0.530. The van der Waals surface area contributed by atoms with Crippen molar-refractivity contribution < 1.29 is 13.5 Å². The Morgan fingerprint density at radius 3 is 2.41 bits per heavy atom.